The van der Waals surface area contributed by atoms with E-state index in [1.807, 2.05) is 11.3 Å². The number of rotatable bonds is 4. The second-order valence-electron chi connectivity index (χ2n) is 6.02. The van der Waals surface area contributed by atoms with Gasteiger partial charge in [-0.25, -0.2) is 4.98 Å². The minimum absolute atomic E-state index is 0.000648. The molecule has 19 heavy (non-hydrogen) atoms. The molecule has 1 aliphatic rings. The van der Waals surface area contributed by atoms with Gasteiger partial charge in [-0.05, 0) is 40.2 Å². The molecule has 0 aliphatic carbocycles. The number of nitrogens with one attached hydrogen (secondary N) is 1. The van der Waals surface area contributed by atoms with Crippen molar-refractivity contribution in [1.82, 2.24) is 10.3 Å². The Morgan fingerprint density at radius 3 is 2.63 bits per heavy atom. The lowest BCUT2D eigenvalue weighted by molar-refractivity contribution is -0.0895. The third kappa shape index (κ3) is 3.01. The van der Waals surface area contributed by atoms with Crippen molar-refractivity contribution >= 4 is 11.3 Å². The highest BCUT2D eigenvalue weighted by atomic mass is 32.1. The van der Waals surface area contributed by atoms with Gasteiger partial charge >= 0.3 is 0 Å². The van der Waals surface area contributed by atoms with Crippen LogP contribution in [0.5, 0.6) is 0 Å². The molecule has 0 amide bonds. The van der Waals surface area contributed by atoms with E-state index in [9.17, 15) is 0 Å². The van der Waals surface area contributed by atoms with Gasteiger partial charge in [0.15, 0.2) is 0 Å². The molecule has 2 rings (SSSR count). The van der Waals surface area contributed by atoms with Crippen molar-refractivity contribution < 1.29 is 4.74 Å². The zero-order valence-electron chi connectivity index (χ0n) is 12.8. The number of thiazole rings is 1. The third-order valence-electron chi connectivity index (χ3n) is 3.90. The highest BCUT2D eigenvalue weighted by Gasteiger charge is 2.43. The summed E-state index contributed by atoms with van der Waals surface area (Å²) in [6.07, 6.45) is 3.02. The molecule has 1 saturated heterocycles. The summed E-state index contributed by atoms with van der Waals surface area (Å²) in [5.41, 5.74) is 1.17. The van der Waals surface area contributed by atoms with Crippen LogP contribution < -0.4 is 5.32 Å². The Balaban J connectivity index is 2.37. The van der Waals surface area contributed by atoms with Gasteiger partial charge in [0.1, 0.15) is 5.01 Å². The summed E-state index contributed by atoms with van der Waals surface area (Å²) in [6, 6.07) is 0. The summed E-state index contributed by atoms with van der Waals surface area (Å²) >= 11 is 1.86. The van der Waals surface area contributed by atoms with Gasteiger partial charge in [-0.15, -0.1) is 11.3 Å². The second kappa shape index (κ2) is 5.51. The van der Waals surface area contributed by atoms with E-state index < -0.39 is 0 Å². The van der Waals surface area contributed by atoms with E-state index in [-0.39, 0.29) is 11.1 Å². The molecule has 3 nitrogen and oxygen atoms in total. The van der Waals surface area contributed by atoms with Gasteiger partial charge in [0.25, 0.3) is 0 Å². The average Bonchev–Trinajstić information content (AvgIpc) is 2.70. The summed E-state index contributed by atoms with van der Waals surface area (Å²) in [6.45, 7) is 12.7. The molecule has 0 radical (unpaired) electrons. The van der Waals surface area contributed by atoms with Crippen molar-refractivity contribution in [3.05, 3.63) is 15.6 Å². The van der Waals surface area contributed by atoms with Crippen LogP contribution in [0.1, 0.15) is 56.1 Å². The van der Waals surface area contributed by atoms with E-state index in [4.69, 9.17) is 9.72 Å². The number of aryl methyl sites for hydroxylation is 2. The fraction of sp³-hybridized carbons (Fsp3) is 0.800. The number of aromatic nitrogens is 1. The molecule has 1 aromatic rings. The van der Waals surface area contributed by atoms with E-state index in [1.165, 1.54) is 15.6 Å². The van der Waals surface area contributed by atoms with Crippen LogP contribution in [0, 0.1) is 6.92 Å². The molecule has 1 N–H and O–H groups in total. The first-order valence-corrected chi connectivity index (χ1v) is 8.10. The number of ether oxygens (including phenoxy) is 1. The van der Waals surface area contributed by atoms with Gasteiger partial charge in [0, 0.05) is 17.9 Å². The van der Waals surface area contributed by atoms with Gasteiger partial charge in [-0.2, -0.15) is 0 Å². The van der Waals surface area contributed by atoms with E-state index in [2.05, 4.69) is 39.9 Å². The summed E-state index contributed by atoms with van der Waals surface area (Å²) < 4.78 is 5.89. The zero-order chi connectivity index (χ0) is 14.1. The van der Waals surface area contributed by atoms with Gasteiger partial charge in [0.05, 0.1) is 16.8 Å². The number of hydrogen-bond donors (Lipinski definition) is 1. The maximum Gasteiger partial charge on any atom is 0.113 e. The molecule has 1 fully saturated rings. The molecular weight excluding hydrogens is 256 g/mol. The maximum absolute atomic E-state index is 5.89. The van der Waals surface area contributed by atoms with Crippen LogP contribution in [-0.4, -0.2) is 23.7 Å². The quantitative estimate of drug-likeness (QED) is 0.919. The molecule has 1 atom stereocenters. The van der Waals surface area contributed by atoms with E-state index in [0.29, 0.717) is 0 Å². The Morgan fingerprint density at radius 2 is 2.11 bits per heavy atom. The lowest BCUT2D eigenvalue weighted by atomic mass is 9.81. The molecule has 2 heterocycles. The largest absolute Gasteiger partial charge is 0.375 e. The lowest BCUT2D eigenvalue weighted by Crippen LogP contribution is -2.52. The summed E-state index contributed by atoms with van der Waals surface area (Å²) in [5.74, 6) is 0. The minimum Gasteiger partial charge on any atom is -0.375 e. The van der Waals surface area contributed by atoms with Crippen LogP contribution >= 0.6 is 11.3 Å². The van der Waals surface area contributed by atoms with Crippen molar-refractivity contribution in [2.24, 2.45) is 0 Å². The Morgan fingerprint density at radius 1 is 1.37 bits per heavy atom. The predicted octanol–water partition coefficient (Wildman–Crippen LogP) is 3.41. The average molecular weight is 282 g/mol. The number of nitrogens with zero attached hydrogens (tertiary/aromatic N) is 1. The summed E-state index contributed by atoms with van der Waals surface area (Å²) in [7, 11) is 0. The molecule has 1 aliphatic heterocycles. The first-order valence-electron chi connectivity index (χ1n) is 7.28. The van der Waals surface area contributed by atoms with Crippen LogP contribution in [0.3, 0.4) is 0 Å². The van der Waals surface area contributed by atoms with Crippen LogP contribution in [0.4, 0.5) is 0 Å². The Bertz CT molecular complexity index is 437. The van der Waals surface area contributed by atoms with Crippen molar-refractivity contribution in [2.45, 2.75) is 65.0 Å². The third-order valence-corrected chi connectivity index (χ3v) is 5.12. The minimum atomic E-state index is -0.0770. The second-order valence-corrected chi connectivity index (χ2v) is 7.23. The van der Waals surface area contributed by atoms with Gasteiger partial charge in [-0.3, -0.25) is 0 Å². The first kappa shape index (κ1) is 14.9. The normalized spacial score (nSPS) is 26.6. The Hall–Kier alpha value is -0.450. The maximum atomic E-state index is 5.89. The molecule has 0 bridgehead atoms. The van der Waals surface area contributed by atoms with Crippen LogP contribution in [-0.2, 0) is 16.7 Å². The fourth-order valence-electron chi connectivity index (χ4n) is 3.08. The molecular formula is C15H26N2OS. The highest BCUT2D eigenvalue weighted by Crippen LogP contribution is 2.41. The van der Waals surface area contributed by atoms with Gasteiger partial charge < -0.3 is 10.1 Å². The topological polar surface area (TPSA) is 34.2 Å². The molecule has 0 saturated carbocycles. The monoisotopic (exact) mass is 282 g/mol. The molecule has 4 heteroatoms. The van der Waals surface area contributed by atoms with E-state index in [0.717, 1.165) is 32.4 Å². The summed E-state index contributed by atoms with van der Waals surface area (Å²) in [4.78, 5) is 6.27. The first-order chi connectivity index (χ1) is 8.92. The molecule has 108 valence electrons. The Kier molecular flexibility index (Phi) is 4.33. The van der Waals surface area contributed by atoms with Crippen LogP contribution in [0.25, 0.3) is 0 Å². The molecule has 1 unspecified atom stereocenters. The van der Waals surface area contributed by atoms with Gasteiger partial charge in [-0.1, -0.05) is 13.8 Å². The molecule has 0 aromatic carbocycles. The van der Waals surface area contributed by atoms with Crippen LogP contribution in [0.2, 0.25) is 0 Å². The van der Waals surface area contributed by atoms with Crippen molar-refractivity contribution in [3.8, 4) is 0 Å². The van der Waals surface area contributed by atoms with Crippen molar-refractivity contribution in [3.63, 3.8) is 0 Å². The predicted molar refractivity (Wildman–Crippen MR) is 80.8 cm³/mol. The lowest BCUT2D eigenvalue weighted by Gasteiger charge is -2.44. The standard InChI is InChI=1S/C15H26N2OS/c1-6-12-11(3)19-13(17-12)15(16-7-2)8-9-18-14(4,5)10-15/h16H,6-10H2,1-5H3. The highest BCUT2D eigenvalue weighted by molar-refractivity contribution is 7.11. The van der Waals surface area contributed by atoms with Crippen LogP contribution in [0.15, 0.2) is 0 Å². The molecule has 1 aromatic heterocycles. The zero-order valence-corrected chi connectivity index (χ0v) is 13.6. The SMILES string of the molecule is CCNC1(c2nc(CC)c(C)s2)CCOC(C)(C)C1. The fourth-order valence-corrected chi connectivity index (χ4v) is 4.27. The smallest absolute Gasteiger partial charge is 0.113 e. The van der Waals surface area contributed by atoms with E-state index >= 15 is 0 Å². The van der Waals surface area contributed by atoms with E-state index in [1.54, 1.807) is 0 Å². The Labute approximate surface area is 120 Å². The van der Waals surface area contributed by atoms with Crippen molar-refractivity contribution in [2.75, 3.05) is 13.2 Å². The molecule has 0 spiro atoms. The van der Waals surface area contributed by atoms with Gasteiger partial charge in [0.2, 0.25) is 0 Å². The number of hydrogen-bond acceptors (Lipinski definition) is 4. The van der Waals surface area contributed by atoms with Crippen molar-refractivity contribution in [1.29, 1.82) is 0 Å². The summed E-state index contributed by atoms with van der Waals surface area (Å²) in [5, 5.41) is 4.95.